The zero-order valence-electron chi connectivity index (χ0n) is 12.7. The third-order valence-electron chi connectivity index (χ3n) is 3.67. The van der Waals surface area contributed by atoms with Gasteiger partial charge in [0.15, 0.2) is 0 Å². The van der Waals surface area contributed by atoms with Gasteiger partial charge in [-0.05, 0) is 49.8 Å². The summed E-state index contributed by atoms with van der Waals surface area (Å²) >= 11 is 0. The second-order valence-electron chi connectivity index (χ2n) is 6.26. The van der Waals surface area contributed by atoms with Gasteiger partial charge in [-0.25, -0.2) is 4.98 Å². The summed E-state index contributed by atoms with van der Waals surface area (Å²) < 4.78 is 0. The van der Waals surface area contributed by atoms with Gasteiger partial charge in [0.05, 0.1) is 0 Å². The molecule has 2 rings (SSSR count). The molecular formula is C16H27N3. The highest BCUT2D eigenvalue weighted by molar-refractivity contribution is 5.41. The number of anilines is 1. The first-order chi connectivity index (χ1) is 9.06. The van der Waals surface area contributed by atoms with Crippen molar-refractivity contribution in [3.8, 4) is 0 Å². The van der Waals surface area contributed by atoms with Gasteiger partial charge in [0.1, 0.15) is 5.82 Å². The molecule has 0 aliphatic heterocycles. The molecule has 3 nitrogen and oxygen atoms in total. The SMILES string of the molecule is Cc1nc(N(C)CC2CC2)ccc1CNCC(C)C. The van der Waals surface area contributed by atoms with Crippen LogP contribution in [0.3, 0.4) is 0 Å². The van der Waals surface area contributed by atoms with Crippen LogP contribution in [-0.4, -0.2) is 25.1 Å². The van der Waals surface area contributed by atoms with E-state index < -0.39 is 0 Å². The third kappa shape index (κ3) is 4.50. The number of hydrogen-bond donors (Lipinski definition) is 1. The van der Waals surface area contributed by atoms with E-state index in [1.807, 2.05) is 0 Å². The van der Waals surface area contributed by atoms with Crippen LogP contribution in [0.25, 0.3) is 0 Å². The minimum atomic E-state index is 0.692. The van der Waals surface area contributed by atoms with E-state index in [0.717, 1.165) is 37.1 Å². The lowest BCUT2D eigenvalue weighted by molar-refractivity contribution is 0.551. The molecule has 3 heteroatoms. The predicted octanol–water partition coefficient (Wildman–Crippen LogP) is 2.98. The van der Waals surface area contributed by atoms with Gasteiger partial charge in [-0.15, -0.1) is 0 Å². The molecule has 0 bridgehead atoms. The maximum absolute atomic E-state index is 4.74. The number of nitrogens with one attached hydrogen (secondary N) is 1. The fourth-order valence-electron chi connectivity index (χ4n) is 2.25. The fourth-order valence-corrected chi connectivity index (χ4v) is 2.25. The molecule has 1 saturated carbocycles. The summed E-state index contributed by atoms with van der Waals surface area (Å²) in [6.45, 7) is 9.70. The zero-order valence-corrected chi connectivity index (χ0v) is 12.7. The monoisotopic (exact) mass is 261 g/mol. The van der Waals surface area contributed by atoms with Crippen LogP contribution in [0.5, 0.6) is 0 Å². The predicted molar refractivity (Wildman–Crippen MR) is 81.5 cm³/mol. The second kappa shape index (κ2) is 6.38. The van der Waals surface area contributed by atoms with Gasteiger partial charge < -0.3 is 10.2 Å². The van der Waals surface area contributed by atoms with Crippen LogP contribution in [0, 0.1) is 18.8 Å². The van der Waals surface area contributed by atoms with Crippen LogP contribution >= 0.6 is 0 Å². The molecule has 1 aliphatic rings. The van der Waals surface area contributed by atoms with Gasteiger partial charge in [-0.3, -0.25) is 0 Å². The Morgan fingerprint density at radius 1 is 1.37 bits per heavy atom. The molecule has 0 unspecified atom stereocenters. The van der Waals surface area contributed by atoms with Crippen molar-refractivity contribution >= 4 is 5.82 Å². The van der Waals surface area contributed by atoms with E-state index in [9.17, 15) is 0 Å². The Bertz CT molecular complexity index is 410. The van der Waals surface area contributed by atoms with Crippen molar-refractivity contribution in [3.05, 3.63) is 23.4 Å². The first kappa shape index (κ1) is 14.3. The van der Waals surface area contributed by atoms with Crippen LogP contribution in [0.4, 0.5) is 5.82 Å². The van der Waals surface area contributed by atoms with Crippen molar-refractivity contribution in [2.75, 3.05) is 25.0 Å². The van der Waals surface area contributed by atoms with Gasteiger partial charge in [-0.2, -0.15) is 0 Å². The molecule has 106 valence electrons. The topological polar surface area (TPSA) is 28.2 Å². The van der Waals surface area contributed by atoms with Crippen LogP contribution in [0.15, 0.2) is 12.1 Å². The molecule has 0 radical (unpaired) electrons. The van der Waals surface area contributed by atoms with Crippen molar-refractivity contribution in [3.63, 3.8) is 0 Å². The molecule has 0 spiro atoms. The molecule has 0 amide bonds. The first-order valence-electron chi connectivity index (χ1n) is 7.44. The van der Waals surface area contributed by atoms with Gasteiger partial charge in [0, 0.05) is 25.8 Å². The number of aryl methyl sites for hydroxylation is 1. The summed E-state index contributed by atoms with van der Waals surface area (Å²) in [6, 6.07) is 4.37. The second-order valence-corrected chi connectivity index (χ2v) is 6.26. The van der Waals surface area contributed by atoms with E-state index >= 15 is 0 Å². The lowest BCUT2D eigenvalue weighted by Crippen LogP contribution is -2.22. The van der Waals surface area contributed by atoms with E-state index in [1.54, 1.807) is 0 Å². The summed E-state index contributed by atoms with van der Waals surface area (Å²) in [5, 5.41) is 3.48. The molecule has 0 aromatic carbocycles. The highest BCUT2D eigenvalue weighted by Crippen LogP contribution is 2.30. The highest BCUT2D eigenvalue weighted by atomic mass is 15.2. The Balaban J connectivity index is 1.91. The van der Waals surface area contributed by atoms with Crippen molar-refractivity contribution in [2.24, 2.45) is 11.8 Å². The number of hydrogen-bond acceptors (Lipinski definition) is 3. The summed E-state index contributed by atoms with van der Waals surface area (Å²) in [4.78, 5) is 7.03. The van der Waals surface area contributed by atoms with Crippen molar-refractivity contribution in [1.29, 1.82) is 0 Å². The normalized spacial score (nSPS) is 15.0. The minimum Gasteiger partial charge on any atom is -0.359 e. The Hall–Kier alpha value is -1.09. The molecule has 1 aromatic heterocycles. The lowest BCUT2D eigenvalue weighted by atomic mass is 10.2. The van der Waals surface area contributed by atoms with E-state index in [0.29, 0.717) is 5.92 Å². The number of nitrogens with zero attached hydrogens (tertiary/aromatic N) is 2. The summed E-state index contributed by atoms with van der Waals surface area (Å²) in [5.41, 5.74) is 2.46. The average Bonchev–Trinajstić information content (AvgIpc) is 3.14. The molecule has 1 aliphatic carbocycles. The zero-order chi connectivity index (χ0) is 13.8. The van der Waals surface area contributed by atoms with Gasteiger partial charge in [0.25, 0.3) is 0 Å². The Morgan fingerprint density at radius 3 is 2.68 bits per heavy atom. The highest BCUT2D eigenvalue weighted by Gasteiger charge is 2.23. The standard InChI is InChI=1S/C16H27N3/c1-12(2)9-17-10-15-7-8-16(18-13(15)3)19(4)11-14-5-6-14/h7-8,12,14,17H,5-6,9-11H2,1-4H3. The number of pyridine rings is 1. The molecule has 0 saturated heterocycles. The Labute approximate surface area is 117 Å². The molecule has 19 heavy (non-hydrogen) atoms. The molecular weight excluding hydrogens is 234 g/mol. The Kier molecular flexibility index (Phi) is 4.81. The maximum atomic E-state index is 4.74. The Morgan fingerprint density at radius 2 is 2.11 bits per heavy atom. The van der Waals surface area contributed by atoms with Crippen molar-refractivity contribution in [1.82, 2.24) is 10.3 Å². The van der Waals surface area contributed by atoms with E-state index in [-0.39, 0.29) is 0 Å². The maximum Gasteiger partial charge on any atom is 0.128 e. The third-order valence-corrected chi connectivity index (χ3v) is 3.67. The quantitative estimate of drug-likeness (QED) is 0.818. The number of aromatic nitrogens is 1. The van der Waals surface area contributed by atoms with Crippen molar-refractivity contribution < 1.29 is 0 Å². The van der Waals surface area contributed by atoms with E-state index in [2.05, 4.69) is 50.2 Å². The van der Waals surface area contributed by atoms with E-state index in [1.165, 1.54) is 18.4 Å². The average molecular weight is 261 g/mol. The van der Waals surface area contributed by atoms with E-state index in [4.69, 9.17) is 4.98 Å². The lowest BCUT2D eigenvalue weighted by Gasteiger charge is -2.19. The molecule has 1 heterocycles. The summed E-state index contributed by atoms with van der Waals surface area (Å²) in [7, 11) is 2.15. The van der Waals surface area contributed by atoms with Crippen LogP contribution in [0.1, 0.15) is 37.9 Å². The number of rotatable bonds is 7. The van der Waals surface area contributed by atoms with Crippen LogP contribution in [-0.2, 0) is 6.54 Å². The van der Waals surface area contributed by atoms with Gasteiger partial charge in [-0.1, -0.05) is 19.9 Å². The van der Waals surface area contributed by atoms with Crippen molar-refractivity contribution in [2.45, 2.75) is 40.2 Å². The van der Waals surface area contributed by atoms with Gasteiger partial charge in [0.2, 0.25) is 0 Å². The fraction of sp³-hybridized carbons (Fsp3) is 0.688. The van der Waals surface area contributed by atoms with Crippen LogP contribution in [0.2, 0.25) is 0 Å². The molecule has 1 fully saturated rings. The largest absolute Gasteiger partial charge is 0.359 e. The molecule has 1 N–H and O–H groups in total. The van der Waals surface area contributed by atoms with Crippen LogP contribution < -0.4 is 10.2 Å². The minimum absolute atomic E-state index is 0.692. The molecule has 0 atom stereocenters. The summed E-state index contributed by atoms with van der Waals surface area (Å²) in [6.07, 6.45) is 2.78. The summed E-state index contributed by atoms with van der Waals surface area (Å²) in [5.74, 6) is 2.70. The van der Waals surface area contributed by atoms with Gasteiger partial charge >= 0.3 is 0 Å². The molecule has 1 aromatic rings. The first-order valence-corrected chi connectivity index (χ1v) is 7.44. The smallest absolute Gasteiger partial charge is 0.128 e.